The van der Waals surface area contributed by atoms with Crippen LogP contribution in [0.5, 0.6) is 5.88 Å². The van der Waals surface area contributed by atoms with Gasteiger partial charge in [0.1, 0.15) is 6.54 Å². The number of carbonyl (C=O) groups is 1. The Bertz CT molecular complexity index is 506. The highest BCUT2D eigenvalue weighted by Crippen LogP contribution is 2.20. The molecular weight excluding hydrogens is 198 g/mol. The van der Waals surface area contributed by atoms with Gasteiger partial charge in [0.05, 0.1) is 24.2 Å². The summed E-state index contributed by atoms with van der Waals surface area (Å²) in [6.45, 7) is 0.0173. The van der Waals surface area contributed by atoms with Crippen LogP contribution < -0.4 is 0 Å². The SMILES string of the molecule is COC(=O)Cn1ncc2c(O)nccc21. The van der Waals surface area contributed by atoms with Crippen LogP contribution >= 0.6 is 0 Å². The van der Waals surface area contributed by atoms with E-state index >= 15 is 0 Å². The molecule has 0 aliphatic carbocycles. The van der Waals surface area contributed by atoms with E-state index in [4.69, 9.17) is 0 Å². The molecule has 0 aromatic carbocycles. The average molecular weight is 207 g/mol. The fraction of sp³-hybridized carbons (Fsp3) is 0.222. The van der Waals surface area contributed by atoms with Crippen LogP contribution in [0.4, 0.5) is 0 Å². The first-order valence-corrected chi connectivity index (χ1v) is 4.28. The van der Waals surface area contributed by atoms with Crippen LogP contribution in [0.2, 0.25) is 0 Å². The van der Waals surface area contributed by atoms with Crippen molar-refractivity contribution in [3.8, 4) is 5.88 Å². The third kappa shape index (κ3) is 1.61. The third-order valence-corrected chi connectivity index (χ3v) is 2.06. The second-order valence-electron chi connectivity index (χ2n) is 2.95. The molecular formula is C9H9N3O3. The number of nitrogens with zero attached hydrogens (tertiary/aromatic N) is 3. The van der Waals surface area contributed by atoms with E-state index in [1.165, 1.54) is 24.2 Å². The maximum atomic E-state index is 11.0. The summed E-state index contributed by atoms with van der Waals surface area (Å²) < 4.78 is 5.97. The average Bonchev–Trinajstić information content (AvgIpc) is 2.63. The Hall–Kier alpha value is -2.11. The maximum Gasteiger partial charge on any atom is 0.327 e. The summed E-state index contributed by atoms with van der Waals surface area (Å²) in [5, 5.41) is 13.9. The second kappa shape index (κ2) is 3.56. The van der Waals surface area contributed by atoms with Gasteiger partial charge in [0.2, 0.25) is 5.88 Å². The first-order valence-electron chi connectivity index (χ1n) is 4.28. The van der Waals surface area contributed by atoms with Crippen molar-refractivity contribution in [2.45, 2.75) is 6.54 Å². The molecule has 2 rings (SSSR count). The monoisotopic (exact) mass is 207 g/mol. The highest BCUT2D eigenvalue weighted by atomic mass is 16.5. The van der Waals surface area contributed by atoms with Crippen LogP contribution in [0.1, 0.15) is 0 Å². The highest BCUT2D eigenvalue weighted by molar-refractivity contribution is 5.84. The number of aromatic hydroxyl groups is 1. The quantitative estimate of drug-likeness (QED) is 0.717. The Balaban J connectivity index is 2.45. The number of methoxy groups -OCH3 is 1. The zero-order chi connectivity index (χ0) is 10.8. The number of esters is 1. The number of hydrogen-bond acceptors (Lipinski definition) is 5. The Kier molecular flexibility index (Phi) is 2.24. The Morgan fingerprint density at radius 2 is 2.47 bits per heavy atom. The summed E-state index contributed by atoms with van der Waals surface area (Å²) in [5.74, 6) is -0.486. The van der Waals surface area contributed by atoms with Gasteiger partial charge in [0.25, 0.3) is 0 Å². The van der Waals surface area contributed by atoms with E-state index in [-0.39, 0.29) is 12.4 Å². The standard InChI is InChI=1S/C9H9N3O3/c1-15-8(13)5-12-7-2-3-10-9(14)6(7)4-11-12/h2-4H,5H2,1H3,(H,10,14). The van der Waals surface area contributed by atoms with Gasteiger partial charge in [0.15, 0.2) is 0 Å². The van der Waals surface area contributed by atoms with E-state index in [0.717, 1.165) is 0 Å². The molecule has 0 unspecified atom stereocenters. The predicted molar refractivity (Wildman–Crippen MR) is 51.2 cm³/mol. The molecule has 0 aliphatic rings. The summed E-state index contributed by atoms with van der Waals surface area (Å²) in [6, 6.07) is 1.67. The van der Waals surface area contributed by atoms with Crippen LogP contribution in [0, 0.1) is 0 Å². The van der Waals surface area contributed by atoms with Crippen LogP contribution in [0.25, 0.3) is 10.9 Å². The minimum absolute atomic E-state index is 0.0173. The molecule has 0 saturated carbocycles. The largest absolute Gasteiger partial charge is 0.493 e. The molecule has 6 nitrogen and oxygen atoms in total. The Morgan fingerprint density at radius 3 is 3.20 bits per heavy atom. The number of ether oxygens (including phenoxy) is 1. The van der Waals surface area contributed by atoms with Crippen molar-refractivity contribution in [1.82, 2.24) is 14.8 Å². The second-order valence-corrected chi connectivity index (χ2v) is 2.95. The van der Waals surface area contributed by atoms with Gasteiger partial charge >= 0.3 is 5.97 Å². The van der Waals surface area contributed by atoms with E-state index in [2.05, 4.69) is 14.8 Å². The molecule has 1 N–H and O–H groups in total. The van der Waals surface area contributed by atoms with Crippen molar-refractivity contribution < 1.29 is 14.6 Å². The zero-order valence-corrected chi connectivity index (χ0v) is 8.04. The lowest BCUT2D eigenvalue weighted by atomic mass is 10.3. The van der Waals surface area contributed by atoms with E-state index in [0.29, 0.717) is 10.9 Å². The molecule has 0 radical (unpaired) electrons. The van der Waals surface area contributed by atoms with Crippen molar-refractivity contribution in [1.29, 1.82) is 0 Å². The lowest BCUT2D eigenvalue weighted by Crippen LogP contribution is -2.12. The van der Waals surface area contributed by atoms with Crippen molar-refractivity contribution in [2.24, 2.45) is 0 Å². The number of pyridine rings is 1. The molecule has 0 atom stereocenters. The molecule has 0 saturated heterocycles. The third-order valence-electron chi connectivity index (χ3n) is 2.06. The summed E-state index contributed by atoms with van der Waals surface area (Å²) in [5.41, 5.74) is 0.646. The molecule has 0 spiro atoms. The van der Waals surface area contributed by atoms with Gasteiger partial charge in [-0.2, -0.15) is 5.10 Å². The number of hydrogen-bond donors (Lipinski definition) is 1. The highest BCUT2D eigenvalue weighted by Gasteiger charge is 2.09. The van der Waals surface area contributed by atoms with E-state index < -0.39 is 5.97 Å². The topological polar surface area (TPSA) is 77.2 Å². The summed E-state index contributed by atoms with van der Waals surface area (Å²) in [7, 11) is 1.31. The van der Waals surface area contributed by atoms with Gasteiger partial charge < -0.3 is 9.84 Å². The molecule has 2 aromatic heterocycles. The number of fused-ring (bicyclic) bond motifs is 1. The summed E-state index contributed by atoms with van der Waals surface area (Å²) in [6.07, 6.45) is 2.91. The fourth-order valence-corrected chi connectivity index (χ4v) is 1.30. The van der Waals surface area contributed by atoms with Gasteiger partial charge in [-0.25, -0.2) is 4.98 Å². The molecule has 0 amide bonds. The van der Waals surface area contributed by atoms with Crippen molar-refractivity contribution in [3.05, 3.63) is 18.5 Å². The van der Waals surface area contributed by atoms with Crippen LogP contribution in [-0.2, 0) is 16.1 Å². The minimum Gasteiger partial charge on any atom is -0.493 e. The molecule has 0 aliphatic heterocycles. The molecule has 0 fully saturated rings. The van der Waals surface area contributed by atoms with Gasteiger partial charge in [-0.15, -0.1) is 0 Å². The number of rotatable bonds is 2. The van der Waals surface area contributed by atoms with Gasteiger partial charge in [0, 0.05) is 6.20 Å². The van der Waals surface area contributed by atoms with Crippen LogP contribution in [0.3, 0.4) is 0 Å². The van der Waals surface area contributed by atoms with E-state index in [1.54, 1.807) is 6.07 Å². The Labute approximate surface area is 85.1 Å². The first kappa shape index (κ1) is 9.45. The zero-order valence-electron chi connectivity index (χ0n) is 8.04. The summed E-state index contributed by atoms with van der Waals surface area (Å²) in [4.78, 5) is 14.8. The maximum absolute atomic E-state index is 11.0. The van der Waals surface area contributed by atoms with Gasteiger partial charge in [-0.05, 0) is 6.07 Å². The normalized spacial score (nSPS) is 10.5. The van der Waals surface area contributed by atoms with Gasteiger partial charge in [-0.1, -0.05) is 0 Å². The molecule has 0 bridgehead atoms. The molecule has 78 valence electrons. The van der Waals surface area contributed by atoms with E-state index in [1.807, 2.05) is 0 Å². The molecule has 6 heteroatoms. The van der Waals surface area contributed by atoms with Crippen molar-refractivity contribution in [3.63, 3.8) is 0 Å². The number of carbonyl (C=O) groups excluding carboxylic acids is 1. The van der Waals surface area contributed by atoms with Crippen molar-refractivity contribution in [2.75, 3.05) is 7.11 Å². The minimum atomic E-state index is -0.392. The number of aromatic nitrogens is 3. The fourth-order valence-electron chi connectivity index (χ4n) is 1.30. The lowest BCUT2D eigenvalue weighted by molar-refractivity contribution is -0.141. The lowest BCUT2D eigenvalue weighted by Gasteiger charge is -2.01. The molecule has 2 aromatic rings. The molecule has 2 heterocycles. The predicted octanol–water partition coefficient (Wildman–Crippen LogP) is 0.310. The van der Waals surface area contributed by atoms with E-state index in [9.17, 15) is 9.90 Å². The van der Waals surface area contributed by atoms with Gasteiger partial charge in [-0.3, -0.25) is 9.48 Å². The Morgan fingerprint density at radius 1 is 1.67 bits per heavy atom. The van der Waals surface area contributed by atoms with Crippen molar-refractivity contribution >= 4 is 16.9 Å². The summed E-state index contributed by atoms with van der Waals surface area (Å²) >= 11 is 0. The smallest absolute Gasteiger partial charge is 0.327 e. The van der Waals surface area contributed by atoms with Crippen LogP contribution in [0.15, 0.2) is 18.5 Å². The first-order chi connectivity index (χ1) is 7.22. The molecule has 15 heavy (non-hydrogen) atoms. The van der Waals surface area contributed by atoms with Crippen LogP contribution in [-0.4, -0.2) is 33.0 Å².